The monoisotopic (exact) mass is 461 g/mol. The Bertz CT molecular complexity index is 1090. The molecule has 1 aliphatic heterocycles. The van der Waals surface area contributed by atoms with Gasteiger partial charge in [-0.1, -0.05) is 23.6 Å². The number of nitrogens with zero attached hydrogens (tertiary/aromatic N) is 6. The number of aromatic nitrogens is 5. The molecule has 2 aromatic heterocycles. The Balaban J connectivity index is 1.31. The van der Waals surface area contributed by atoms with E-state index >= 15 is 0 Å². The van der Waals surface area contributed by atoms with Crippen molar-refractivity contribution < 1.29 is 13.5 Å². The van der Waals surface area contributed by atoms with Crippen LogP contribution in [0, 0.1) is 24.6 Å². The van der Waals surface area contributed by atoms with Crippen LogP contribution in [0.3, 0.4) is 0 Å². The molecule has 1 aliphatic carbocycles. The SMILES string of the molecule is CCCn1nc(N[C@H]2C3CC[C@H]2CN(c2nnc(C)o2)C3)nc1Oc1ccc(F)c(Cl)c1. The Morgan fingerprint density at radius 1 is 1.25 bits per heavy atom. The van der Waals surface area contributed by atoms with E-state index in [1.165, 1.54) is 18.2 Å². The molecule has 1 aromatic carbocycles. The third-order valence-corrected chi connectivity index (χ3v) is 6.38. The molecule has 1 saturated heterocycles. The second-order valence-corrected chi connectivity index (χ2v) is 8.80. The molecule has 1 saturated carbocycles. The van der Waals surface area contributed by atoms with E-state index in [0.29, 0.717) is 48.0 Å². The van der Waals surface area contributed by atoms with Crippen molar-refractivity contribution in [2.75, 3.05) is 23.3 Å². The van der Waals surface area contributed by atoms with Crippen molar-refractivity contribution >= 4 is 23.6 Å². The van der Waals surface area contributed by atoms with Crippen LogP contribution in [0.1, 0.15) is 32.1 Å². The summed E-state index contributed by atoms with van der Waals surface area (Å²) in [4.78, 5) is 6.75. The average Bonchev–Trinajstić information content (AvgIpc) is 3.42. The van der Waals surface area contributed by atoms with Crippen molar-refractivity contribution in [3.63, 3.8) is 0 Å². The molecule has 1 N–H and O–H groups in total. The second-order valence-electron chi connectivity index (χ2n) is 8.40. The van der Waals surface area contributed by atoms with Gasteiger partial charge in [-0.15, -0.1) is 10.2 Å². The molecule has 11 heteroatoms. The largest absolute Gasteiger partial charge is 0.424 e. The van der Waals surface area contributed by atoms with Crippen LogP contribution in [0.25, 0.3) is 0 Å². The molecule has 9 nitrogen and oxygen atoms in total. The molecular formula is C21H25ClFN7O2. The van der Waals surface area contributed by atoms with Crippen LogP contribution in [0.15, 0.2) is 22.6 Å². The average molecular weight is 462 g/mol. The third-order valence-electron chi connectivity index (χ3n) is 6.09. The summed E-state index contributed by atoms with van der Waals surface area (Å²) in [6, 6.07) is 5.44. The zero-order valence-electron chi connectivity index (χ0n) is 18.0. The zero-order chi connectivity index (χ0) is 22.2. The summed E-state index contributed by atoms with van der Waals surface area (Å²) in [6.45, 7) is 6.21. The van der Waals surface area contributed by atoms with E-state index in [2.05, 4.69) is 37.4 Å². The Labute approximate surface area is 189 Å². The van der Waals surface area contributed by atoms with Crippen molar-refractivity contribution in [1.29, 1.82) is 0 Å². The van der Waals surface area contributed by atoms with Gasteiger partial charge in [-0.05, 0) is 43.2 Å². The number of fused-ring (bicyclic) bond motifs is 2. The Hall–Kier alpha value is -2.88. The predicted molar refractivity (Wildman–Crippen MR) is 117 cm³/mol. The van der Waals surface area contributed by atoms with Gasteiger partial charge in [0.1, 0.15) is 11.6 Å². The molecule has 2 bridgehead atoms. The fourth-order valence-corrected chi connectivity index (χ4v) is 4.82. The zero-order valence-corrected chi connectivity index (χ0v) is 18.7. The van der Waals surface area contributed by atoms with Crippen LogP contribution >= 0.6 is 11.6 Å². The Morgan fingerprint density at radius 2 is 2.03 bits per heavy atom. The normalized spacial score (nSPS) is 22.4. The number of benzene rings is 1. The second kappa shape index (κ2) is 8.57. The number of ether oxygens (including phenoxy) is 1. The van der Waals surface area contributed by atoms with E-state index in [0.717, 1.165) is 32.4 Å². The van der Waals surface area contributed by atoms with Gasteiger partial charge in [0.05, 0.1) is 5.02 Å². The highest BCUT2D eigenvalue weighted by Gasteiger charge is 2.43. The molecule has 170 valence electrons. The molecule has 5 rings (SSSR count). The highest BCUT2D eigenvalue weighted by atomic mass is 35.5. The van der Waals surface area contributed by atoms with Gasteiger partial charge < -0.3 is 19.4 Å². The topological polar surface area (TPSA) is 94.1 Å². The highest BCUT2D eigenvalue weighted by molar-refractivity contribution is 6.30. The van der Waals surface area contributed by atoms with Gasteiger partial charge in [0.2, 0.25) is 11.8 Å². The number of hydrogen-bond donors (Lipinski definition) is 1. The lowest BCUT2D eigenvalue weighted by atomic mass is 9.92. The smallest absolute Gasteiger partial charge is 0.322 e. The lowest BCUT2D eigenvalue weighted by molar-refractivity contribution is 0.357. The lowest BCUT2D eigenvalue weighted by Crippen LogP contribution is -2.48. The summed E-state index contributed by atoms with van der Waals surface area (Å²) >= 11 is 5.88. The first kappa shape index (κ1) is 21.0. The van der Waals surface area contributed by atoms with Crippen molar-refractivity contribution in [2.45, 2.75) is 45.7 Å². The third kappa shape index (κ3) is 4.11. The van der Waals surface area contributed by atoms with Crippen molar-refractivity contribution in [1.82, 2.24) is 25.0 Å². The molecule has 2 fully saturated rings. The number of anilines is 2. The fourth-order valence-electron chi connectivity index (χ4n) is 4.65. The van der Waals surface area contributed by atoms with E-state index in [4.69, 9.17) is 20.8 Å². The minimum Gasteiger partial charge on any atom is -0.424 e. The Morgan fingerprint density at radius 3 is 2.69 bits per heavy atom. The maximum atomic E-state index is 13.5. The quantitative estimate of drug-likeness (QED) is 0.556. The summed E-state index contributed by atoms with van der Waals surface area (Å²) in [6.07, 6.45) is 3.12. The number of rotatable bonds is 7. The Kier molecular flexibility index (Phi) is 5.62. The van der Waals surface area contributed by atoms with Crippen molar-refractivity contribution in [2.24, 2.45) is 11.8 Å². The minimum absolute atomic E-state index is 0.00202. The molecule has 0 amide bonds. The lowest BCUT2D eigenvalue weighted by Gasteiger charge is -2.37. The van der Waals surface area contributed by atoms with Crippen LogP contribution in [0.2, 0.25) is 5.02 Å². The number of piperidine rings is 1. The first-order chi connectivity index (χ1) is 15.5. The van der Waals surface area contributed by atoms with Crippen LogP contribution in [0.4, 0.5) is 16.4 Å². The summed E-state index contributed by atoms with van der Waals surface area (Å²) < 4.78 is 26.7. The van der Waals surface area contributed by atoms with Gasteiger partial charge in [0.15, 0.2) is 0 Å². The van der Waals surface area contributed by atoms with Gasteiger partial charge in [-0.2, -0.15) is 4.98 Å². The van der Waals surface area contributed by atoms with E-state index in [9.17, 15) is 4.39 Å². The molecule has 0 radical (unpaired) electrons. The summed E-state index contributed by atoms with van der Waals surface area (Å²) in [5.74, 6) is 1.89. The van der Waals surface area contributed by atoms with Gasteiger partial charge in [0, 0.05) is 38.7 Å². The number of nitrogens with one attached hydrogen (secondary N) is 1. The molecule has 0 spiro atoms. The first-order valence-corrected chi connectivity index (χ1v) is 11.3. The van der Waals surface area contributed by atoms with Crippen LogP contribution in [0.5, 0.6) is 11.8 Å². The van der Waals surface area contributed by atoms with Crippen LogP contribution in [-0.4, -0.2) is 44.1 Å². The number of hydrogen-bond acceptors (Lipinski definition) is 8. The van der Waals surface area contributed by atoms with Crippen molar-refractivity contribution in [3.8, 4) is 11.8 Å². The van der Waals surface area contributed by atoms with Crippen molar-refractivity contribution in [3.05, 3.63) is 34.9 Å². The standard InChI is InChI=1S/C21H25ClFN7O2/c1-3-8-30-20(32-15-6-7-17(23)16(22)9-15)25-19(28-30)24-18-13-4-5-14(18)11-29(10-13)21-27-26-12(2)31-21/h6-7,9,13-14,18H,3-5,8,10-11H2,1-2H3,(H,24,28)/t13-,14?,18+/m0/s1. The van der Waals surface area contributed by atoms with E-state index < -0.39 is 5.82 Å². The molecule has 1 unspecified atom stereocenters. The summed E-state index contributed by atoms with van der Waals surface area (Å²) in [5.41, 5.74) is 0. The van der Waals surface area contributed by atoms with Crippen LogP contribution in [-0.2, 0) is 6.54 Å². The molecule has 3 atom stereocenters. The van der Waals surface area contributed by atoms with Gasteiger partial charge in [-0.3, -0.25) is 0 Å². The van der Waals surface area contributed by atoms with E-state index in [1.54, 1.807) is 11.6 Å². The van der Waals surface area contributed by atoms with Gasteiger partial charge in [0.25, 0.3) is 0 Å². The molecule has 2 aliphatic rings. The summed E-state index contributed by atoms with van der Waals surface area (Å²) in [5, 5.41) is 16.3. The number of halogens is 2. The van der Waals surface area contributed by atoms with E-state index in [-0.39, 0.29) is 11.1 Å². The van der Waals surface area contributed by atoms with E-state index in [1.807, 2.05) is 0 Å². The molecule has 32 heavy (non-hydrogen) atoms. The maximum Gasteiger partial charge on any atom is 0.322 e. The molecule has 3 heterocycles. The van der Waals surface area contributed by atoms with Crippen LogP contribution < -0.4 is 15.0 Å². The molecule has 3 aromatic rings. The number of aryl methyl sites for hydroxylation is 2. The highest BCUT2D eigenvalue weighted by Crippen LogP contribution is 2.40. The predicted octanol–water partition coefficient (Wildman–Crippen LogP) is 4.29. The maximum absolute atomic E-state index is 13.5. The first-order valence-electron chi connectivity index (χ1n) is 10.9. The minimum atomic E-state index is -0.492. The fraction of sp³-hybridized carbons (Fsp3) is 0.524. The van der Waals surface area contributed by atoms with Gasteiger partial charge >= 0.3 is 12.0 Å². The van der Waals surface area contributed by atoms with Gasteiger partial charge in [-0.25, -0.2) is 9.07 Å². The summed E-state index contributed by atoms with van der Waals surface area (Å²) in [7, 11) is 0. The molecular weight excluding hydrogens is 437 g/mol.